The van der Waals surface area contributed by atoms with Crippen molar-refractivity contribution in [2.24, 2.45) is 0 Å². The molecule has 2 rings (SSSR count). The Morgan fingerprint density at radius 3 is 2.71 bits per heavy atom. The summed E-state index contributed by atoms with van der Waals surface area (Å²) in [7, 11) is 0. The molecule has 0 saturated carbocycles. The van der Waals surface area contributed by atoms with Gasteiger partial charge in [0.1, 0.15) is 5.75 Å². The third-order valence-electron chi connectivity index (χ3n) is 2.63. The van der Waals surface area contributed by atoms with Crippen molar-refractivity contribution in [1.82, 2.24) is 0 Å². The van der Waals surface area contributed by atoms with Crippen LogP contribution in [-0.4, -0.2) is 25.2 Å². The fourth-order valence-corrected chi connectivity index (χ4v) is 2.13. The predicted molar refractivity (Wildman–Crippen MR) is 70.0 cm³/mol. The first-order valence-corrected chi connectivity index (χ1v) is 6.92. The van der Waals surface area contributed by atoms with Gasteiger partial charge in [-0.05, 0) is 25.1 Å². The van der Waals surface area contributed by atoms with E-state index in [9.17, 15) is 0 Å². The smallest absolute Gasteiger partial charge is 0.192 e. The Morgan fingerprint density at radius 2 is 2.12 bits per heavy atom. The molecule has 1 aliphatic rings. The summed E-state index contributed by atoms with van der Waals surface area (Å²) in [5.74, 6) is -0.00566. The highest BCUT2D eigenvalue weighted by Gasteiger charge is 2.33. The molecular formula is C12H14BrClO3. The molecule has 1 heterocycles. The number of rotatable bonds is 4. The molecule has 0 atom stereocenters. The number of ether oxygens (including phenoxy) is 3. The monoisotopic (exact) mass is 320 g/mol. The molecule has 0 amide bonds. The van der Waals surface area contributed by atoms with Gasteiger partial charge in [0.25, 0.3) is 0 Å². The van der Waals surface area contributed by atoms with Gasteiger partial charge in [-0.1, -0.05) is 27.5 Å². The van der Waals surface area contributed by atoms with E-state index in [1.807, 2.05) is 25.1 Å². The Hall–Kier alpha value is -0.290. The maximum Gasteiger partial charge on any atom is 0.192 e. The number of benzene rings is 1. The van der Waals surface area contributed by atoms with Gasteiger partial charge in [-0.25, -0.2) is 0 Å². The predicted octanol–water partition coefficient (Wildman–Crippen LogP) is 3.33. The first-order valence-electron chi connectivity index (χ1n) is 5.42. The van der Waals surface area contributed by atoms with E-state index in [1.165, 1.54) is 0 Å². The minimum atomic E-state index is -0.683. The van der Waals surface area contributed by atoms with E-state index in [4.69, 9.17) is 25.8 Å². The summed E-state index contributed by atoms with van der Waals surface area (Å²) in [6, 6.07) is 5.59. The molecule has 17 heavy (non-hydrogen) atoms. The number of hydrogen-bond acceptors (Lipinski definition) is 3. The quantitative estimate of drug-likeness (QED) is 0.796. The normalized spacial score (nSPS) is 18.3. The van der Waals surface area contributed by atoms with Gasteiger partial charge in [-0.2, -0.15) is 0 Å². The maximum atomic E-state index is 6.15. The summed E-state index contributed by atoms with van der Waals surface area (Å²) < 4.78 is 16.6. The van der Waals surface area contributed by atoms with Gasteiger partial charge in [-0.15, -0.1) is 0 Å². The fourth-order valence-electron chi connectivity index (χ4n) is 1.73. The van der Waals surface area contributed by atoms with Crippen molar-refractivity contribution in [1.29, 1.82) is 0 Å². The zero-order chi connectivity index (χ0) is 12.3. The average molecular weight is 322 g/mol. The van der Waals surface area contributed by atoms with Gasteiger partial charge in [0.05, 0.1) is 24.8 Å². The first-order chi connectivity index (χ1) is 8.15. The van der Waals surface area contributed by atoms with E-state index < -0.39 is 5.79 Å². The molecule has 1 fully saturated rings. The van der Waals surface area contributed by atoms with Crippen LogP contribution in [0, 0.1) is 0 Å². The molecule has 0 aliphatic carbocycles. The summed E-state index contributed by atoms with van der Waals surface area (Å²) in [6.45, 7) is 3.69. The lowest BCUT2D eigenvalue weighted by molar-refractivity contribution is -0.149. The average Bonchev–Trinajstić information content (AvgIpc) is 2.76. The molecule has 1 aliphatic heterocycles. The lowest BCUT2D eigenvalue weighted by atomic mass is 10.1. The highest BCUT2D eigenvalue weighted by Crippen LogP contribution is 2.35. The Kier molecular flexibility index (Phi) is 4.31. The number of hydrogen-bond donors (Lipinski definition) is 0. The summed E-state index contributed by atoms with van der Waals surface area (Å²) in [5.41, 5.74) is 0.909. The Labute approximate surface area is 114 Å². The molecule has 0 bridgehead atoms. The van der Waals surface area contributed by atoms with Crippen molar-refractivity contribution < 1.29 is 14.2 Å². The minimum absolute atomic E-state index is 0.573. The molecular weight excluding hydrogens is 307 g/mol. The van der Waals surface area contributed by atoms with Gasteiger partial charge in [0.2, 0.25) is 0 Å². The van der Waals surface area contributed by atoms with Gasteiger partial charge in [0, 0.05) is 10.9 Å². The van der Waals surface area contributed by atoms with E-state index in [0.29, 0.717) is 30.6 Å². The zero-order valence-electron chi connectivity index (χ0n) is 9.54. The molecule has 1 saturated heterocycles. The van der Waals surface area contributed by atoms with Crippen LogP contribution in [0.3, 0.4) is 0 Å². The molecule has 3 nitrogen and oxygen atoms in total. The third kappa shape index (κ3) is 2.94. The molecule has 5 heteroatoms. The fraction of sp³-hybridized carbons (Fsp3) is 0.500. The van der Waals surface area contributed by atoms with Crippen molar-refractivity contribution in [3.8, 4) is 5.75 Å². The van der Waals surface area contributed by atoms with Crippen molar-refractivity contribution in [2.45, 2.75) is 12.7 Å². The van der Waals surface area contributed by atoms with Crippen molar-refractivity contribution in [3.63, 3.8) is 0 Å². The van der Waals surface area contributed by atoms with Crippen LogP contribution in [0.4, 0.5) is 0 Å². The molecule has 0 unspecified atom stereocenters. The molecule has 1 aromatic rings. The van der Waals surface area contributed by atoms with E-state index >= 15 is 0 Å². The Morgan fingerprint density at radius 1 is 1.41 bits per heavy atom. The van der Waals surface area contributed by atoms with Crippen molar-refractivity contribution in [3.05, 3.63) is 28.8 Å². The number of alkyl halides is 1. The second-order valence-electron chi connectivity index (χ2n) is 3.83. The van der Waals surface area contributed by atoms with Crippen molar-refractivity contribution in [2.75, 3.05) is 25.2 Å². The first kappa shape index (κ1) is 13.1. The van der Waals surface area contributed by atoms with Crippen LogP contribution in [0.5, 0.6) is 5.75 Å². The van der Waals surface area contributed by atoms with Gasteiger partial charge >= 0.3 is 0 Å². The highest BCUT2D eigenvalue weighted by atomic mass is 79.9. The van der Waals surface area contributed by atoms with E-state index in [2.05, 4.69) is 15.9 Å². The summed E-state index contributed by atoms with van der Waals surface area (Å²) >= 11 is 9.45. The van der Waals surface area contributed by atoms with Crippen molar-refractivity contribution >= 4 is 27.5 Å². The zero-order valence-corrected chi connectivity index (χ0v) is 11.9. The second-order valence-corrected chi connectivity index (χ2v) is 5.03. The molecule has 0 aromatic heterocycles. The van der Waals surface area contributed by atoms with E-state index in [0.717, 1.165) is 10.9 Å². The van der Waals surface area contributed by atoms with Crippen LogP contribution in [0.2, 0.25) is 5.02 Å². The second kappa shape index (κ2) is 5.57. The molecule has 0 spiro atoms. The van der Waals surface area contributed by atoms with Crippen LogP contribution in [0.1, 0.15) is 12.5 Å². The van der Waals surface area contributed by atoms with E-state index in [1.54, 1.807) is 0 Å². The van der Waals surface area contributed by atoms with E-state index in [-0.39, 0.29) is 0 Å². The maximum absolute atomic E-state index is 6.15. The standard InChI is InChI=1S/C12H14BrClO3/c1-12(16-6-7-17-12)9-2-3-11(10(14)8-9)15-5-4-13/h2-3,8H,4-7H2,1H3. The van der Waals surface area contributed by atoms with Gasteiger partial charge < -0.3 is 14.2 Å². The SMILES string of the molecule is CC1(c2ccc(OCCBr)c(Cl)c2)OCCO1. The lowest BCUT2D eigenvalue weighted by Crippen LogP contribution is -2.22. The van der Waals surface area contributed by atoms with Gasteiger partial charge in [0.15, 0.2) is 5.79 Å². The largest absolute Gasteiger partial charge is 0.491 e. The lowest BCUT2D eigenvalue weighted by Gasteiger charge is -2.23. The summed E-state index contributed by atoms with van der Waals surface area (Å²) in [6.07, 6.45) is 0. The summed E-state index contributed by atoms with van der Waals surface area (Å²) in [4.78, 5) is 0. The summed E-state index contributed by atoms with van der Waals surface area (Å²) in [5, 5.41) is 1.35. The highest BCUT2D eigenvalue weighted by molar-refractivity contribution is 9.09. The molecule has 0 N–H and O–H groups in total. The van der Waals surface area contributed by atoms with Crippen LogP contribution < -0.4 is 4.74 Å². The van der Waals surface area contributed by atoms with Crippen LogP contribution in [0.25, 0.3) is 0 Å². The Balaban J connectivity index is 2.18. The molecule has 0 radical (unpaired) electrons. The topological polar surface area (TPSA) is 27.7 Å². The third-order valence-corrected chi connectivity index (χ3v) is 3.25. The van der Waals surface area contributed by atoms with Gasteiger partial charge in [-0.3, -0.25) is 0 Å². The molecule has 1 aromatic carbocycles. The Bertz CT molecular complexity index is 391. The number of halogens is 2. The van der Waals surface area contributed by atoms with Crippen LogP contribution in [-0.2, 0) is 15.3 Å². The molecule has 94 valence electrons. The van der Waals surface area contributed by atoms with Crippen LogP contribution in [0.15, 0.2) is 18.2 Å². The van der Waals surface area contributed by atoms with Crippen LogP contribution >= 0.6 is 27.5 Å². The minimum Gasteiger partial charge on any atom is -0.491 e.